The second-order valence-electron chi connectivity index (χ2n) is 5.34. The van der Waals surface area contributed by atoms with Gasteiger partial charge in [-0.2, -0.15) is 0 Å². The van der Waals surface area contributed by atoms with Gasteiger partial charge >= 0.3 is 0 Å². The molecule has 0 amide bonds. The van der Waals surface area contributed by atoms with E-state index in [1.54, 1.807) is 0 Å². The highest BCUT2D eigenvalue weighted by atomic mass is 16.6. The molecule has 2 aromatic heterocycles. The molecule has 10 heteroatoms. The van der Waals surface area contributed by atoms with Gasteiger partial charge in [-0.05, 0) is 13.0 Å². The fourth-order valence-corrected chi connectivity index (χ4v) is 2.59. The van der Waals surface area contributed by atoms with E-state index in [0.717, 1.165) is 6.42 Å². The molecule has 0 radical (unpaired) electrons. The predicted octanol–water partition coefficient (Wildman–Crippen LogP) is -1.80. The minimum absolute atomic E-state index is 0.387. The summed E-state index contributed by atoms with van der Waals surface area (Å²) in [7, 11) is 0. The Kier molecular flexibility index (Phi) is 4.68. The van der Waals surface area contributed by atoms with Crippen molar-refractivity contribution in [2.45, 2.75) is 31.0 Å². The molecule has 23 heavy (non-hydrogen) atoms. The number of nitrogens with one attached hydrogen (secondary N) is 1. The topological polar surface area (TPSA) is 152 Å². The van der Waals surface area contributed by atoms with Crippen molar-refractivity contribution in [2.75, 3.05) is 25.0 Å². The maximum Gasteiger partial charge on any atom is 0.167 e. The molecule has 0 aliphatic carbocycles. The van der Waals surface area contributed by atoms with E-state index in [-0.39, 0.29) is 6.61 Å². The Bertz CT molecular complexity index is 665. The first-order valence-electron chi connectivity index (χ1n) is 7.41. The van der Waals surface area contributed by atoms with Crippen LogP contribution in [0.4, 0.5) is 5.82 Å². The van der Waals surface area contributed by atoms with Crippen molar-refractivity contribution < 1.29 is 20.1 Å². The highest BCUT2D eigenvalue weighted by Gasteiger charge is 2.43. The molecule has 1 fully saturated rings. The second kappa shape index (κ2) is 6.72. The van der Waals surface area contributed by atoms with Crippen LogP contribution in [0.3, 0.4) is 0 Å². The van der Waals surface area contributed by atoms with Crippen molar-refractivity contribution in [3.05, 3.63) is 12.7 Å². The molecule has 2 aromatic rings. The number of rotatable bonds is 6. The molecule has 4 atom stereocenters. The third-order valence-electron chi connectivity index (χ3n) is 3.82. The number of imidazole rings is 1. The third kappa shape index (κ3) is 2.86. The summed E-state index contributed by atoms with van der Waals surface area (Å²) in [4.78, 5) is 12.6. The van der Waals surface area contributed by atoms with Crippen LogP contribution in [0.25, 0.3) is 11.2 Å². The number of nitrogens with zero attached hydrogens (tertiary/aromatic N) is 4. The first-order chi connectivity index (χ1) is 11.2. The number of ether oxygens (including phenoxy) is 1. The molecule has 0 saturated carbocycles. The summed E-state index contributed by atoms with van der Waals surface area (Å²) in [5.41, 5.74) is 6.46. The van der Waals surface area contributed by atoms with Gasteiger partial charge in [-0.15, -0.1) is 0 Å². The Balaban J connectivity index is 1.90. The number of fused-ring (bicyclic) bond motifs is 1. The minimum Gasteiger partial charge on any atom is -0.394 e. The zero-order valence-electron chi connectivity index (χ0n) is 12.4. The Hall–Kier alpha value is -1.85. The number of hydrogen-bond acceptors (Lipinski definition) is 9. The van der Waals surface area contributed by atoms with Gasteiger partial charge in [0.05, 0.1) is 12.9 Å². The van der Waals surface area contributed by atoms with Crippen molar-refractivity contribution in [1.82, 2.24) is 19.5 Å². The Morgan fingerprint density at radius 2 is 2.09 bits per heavy atom. The zero-order valence-corrected chi connectivity index (χ0v) is 12.4. The molecule has 1 saturated heterocycles. The molecule has 3 rings (SSSR count). The largest absolute Gasteiger partial charge is 0.394 e. The number of nitrogens with two attached hydrogens (primary N) is 1. The molecular weight excluding hydrogens is 304 g/mol. The summed E-state index contributed by atoms with van der Waals surface area (Å²) < 4.78 is 7.02. The lowest BCUT2D eigenvalue weighted by atomic mass is 10.1. The maximum absolute atomic E-state index is 10.1. The first-order valence-corrected chi connectivity index (χ1v) is 7.41. The molecule has 0 aromatic carbocycles. The van der Waals surface area contributed by atoms with Crippen LogP contribution in [0, 0.1) is 0 Å². The summed E-state index contributed by atoms with van der Waals surface area (Å²) >= 11 is 0. The van der Waals surface area contributed by atoms with Crippen molar-refractivity contribution >= 4 is 17.0 Å². The van der Waals surface area contributed by atoms with E-state index in [0.29, 0.717) is 30.1 Å². The van der Waals surface area contributed by atoms with Gasteiger partial charge in [-0.3, -0.25) is 4.57 Å². The summed E-state index contributed by atoms with van der Waals surface area (Å²) in [5.74, 6) is 0.564. The highest BCUT2D eigenvalue weighted by molar-refractivity contribution is 5.82. The van der Waals surface area contributed by atoms with Crippen LogP contribution in [-0.4, -0.2) is 72.8 Å². The summed E-state index contributed by atoms with van der Waals surface area (Å²) in [5, 5.41) is 32.3. The molecule has 0 unspecified atom stereocenters. The molecule has 0 bridgehead atoms. The number of aromatic nitrogens is 4. The van der Waals surface area contributed by atoms with E-state index in [2.05, 4.69) is 20.3 Å². The lowest BCUT2D eigenvalue weighted by Crippen LogP contribution is -2.33. The van der Waals surface area contributed by atoms with Gasteiger partial charge in [-0.25, -0.2) is 15.0 Å². The molecule has 6 N–H and O–H groups in total. The molecular formula is C13H20N6O4. The average molecular weight is 324 g/mol. The predicted molar refractivity (Wildman–Crippen MR) is 80.5 cm³/mol. The third-order valence-corrected chi connectivity index (χ3v) is 3.82. The SMILES string of the molecule is NCCCNc1ncnc2c1ncn2[C@@H]1O[C@H](CO)[C@@H](O)[C@H]1O. The van der Waals surface area contributed by atoms with E-state index in [9.17, 15) is 15.3 Å². The Morgan fingerprint density at radius 1 is 1.26 bits per heavy atom. The van der Waals surface area contributed by atoms with Crippen molar-refractivity contribution in [3.8, 4) is 0 Å². The normalized spacial score (nSPS) is 27.7. The van der Waals surface area contributed by atoms with Crippen molar-refractivity contribution in [3.63, 3.8) is 0 Å². The van der Waals surface area contributed by atoms with Gasteiger partial charge < -0.3 is 31.1 Å². The van der Waals surface area contributed by atoms with Crippen LogP contribution in [-0.2, 0) is 4.74 Å². The van der Waals surface area contributed by atoms with Crippen LogP contribution < -0.4 is 11.1 Å². The monoisotopic (exact) mass is 324 g/mol. The van der Waals surface area contributed by atoms with Crippen LogP contribution in [0.5, 0.6) is 0 Å². The van der Waals surface area contributed by atoms with Gasteiger partial charge in [0.25, 0.3) is 0 Å². The number of anilines is 1. The summed E-state index contributed by atoms with van der Waals surface area (Å²) in [6, 6.07) is 0. The minimum atomic E-state index is -1.19. The first kappa shape index (κ1) is 16.0. The van der Waals surface area contributed by atoms with Crippen LogP contribution in [0.2, 0.25) is 0 Å². The van der Waals surface area contributed by atoms with Crippen LogP contribution in [0.15, 0.2) is 12.7 Å². The van der Waals surface area contributed by atoms with Gasteiger partial charge in [0.2, 0.25) is 0 Å². The number of aliphatic hydroxyl groups is 3. The summed E-state index contributed by atoms with van der Waals surface area (Å²) in [6.45, 7) is 0.837. The van der Waals surface area contributed by atoms with Gasteiger partial charge in [0.15, 0.2) is 23.2 Å². The molecule has 3 heterocycles. The fraction of sp³-hybridized carbons (Fsp3) is 0.615. The average Bonchev–Trinajstić information content (AvgIpc) is 3.11. The van der Waals surface area contributed by atoms with E-state index in [1.807, 2.05) is 0 Å². The quantitative estimate of drug-likeness (QED) is 0.387. The van der Waals surface area contributed by atoms with E-state index in [1.165, 1.54) is 17.2 Å². The lowest BCUT2D eigenvalue weighted by Gasteiger charge is -2.16. The second-order valence-corrected chi connectivity index (χ2v) is 5.34. The van der Waals surface area contributed by atoms with Crippen molar-refractivity contribution in [1.29, 1.82) is 0 Å². The molecule has 1 aliphatic rings. The molecule has 10 nitrogen and oxygen atoms in total. The smallest absolute Gasteiger partial charge is 0.167 e. The highest BCUT2D eigenvalue weighted by Crippen LogP contribution is 2.31. The fourth-order valence-electron chi connectivity index (χ4n) is 2.59. The molecule has 0 spiro atoms. The standard InChI is InChI=1S/C13H20N6O4/c14-2-1-3-15-11-8-12(17-5-16-11)19(6-18-8)13-10(22)9(21)7(4-20)23-13/h5-7,9-10,13,20-22H,1-4,14H2,(H,15,16,17)/t7-,9-,10-,13-/m1/s1. The molecule has 1 aliphatic heterocycles. The van der Waals surface area contributed by atoms with Crippen LogP contribution in [0.1, 0.15) is 12.6 Å². The van der Waals surface area contributed by atoms with Crippen LogP contribution >= 0.6 is 0 Å². The van der Waals surface area contributed by atoms with E-state index >= 15 is 0 Å². The van der Waals surface area contributed by atoms with Gasteiger partial charge in [0, 0.05) is 6.54 Å². The number of aliphatic hydroxyl groups excluding tert-OH is 3. The Morgan fingerprint density at radius 3 is 2.78 bits per heavy atom. The van der Waals surface area contributed by atoms with Crippen molar-refractivity contribution in [2.24, 2.45) is 5.73 Å². The maximum atomic E-state index is 10.1. The number of hydrogen-bond donors (Lipinski definition) is 5. The van der Waals surface area contributed by atoms with Gasteiger partial charge in [-0.1, -0.05) is 0 Å². The zero-order chi connectivity index (χ0) is 16.4. The van der Waals surface area contributed by atoms with Gasteiger partial charge in [0.1, 0.15) is 24.6 Å². The molecule has 126 valence electrons. The van der Waals surface area contributed by atoms with E-state index in [4.69, 9.17) is 10.5 Å². The summed E-state index contributed by atoms with van der Waals surface area (Å²) in [6.07, 6.45) is -0.448. The van der Waals surface area contributed by atoms with E-state index < -0.39 is 24.5 Å². The Labute approximate surface area is 131 Å². The lowest BCUT2D eigenvalue weighted by molar-refractivity contribution is -0.0511.